The highest BCUT2D eigenvalue weighted by Gasteiger charge is 2.36. The van der Waals surface area contributed by atoms with Crippen LogP contribution < -0.4 is 10.1 Å². The number of anilines is 1. The summed E-state index contributed by atoms with van der Waals surface area (Å²) >= 11 is 0. The van der Waals surface area contributed by atoms with Gasteiger partial charge in [0, 0.05) is 6.04 Å². The molecule has 6 heteroatoms. The molecule has 1 fully saturated rings. The summed E-state index contributed by atoms with van der Waals surface area (Å²) in [5.41, 5.74) is 0.397. The molecule has 4 nitrogen and oxygen atoms in total. The molecule has 0 aliphatic heterocycles. The predicted octanol–water partition coefficient (Wildman–Crippen LogP) is 2.56. The molecule has 2 unspecified atom stereocenters. The number of halogens is 2. The van der Waals surface area contributed by atoms with E-state index in [-0.39, 0.29) is 11.8 Å². The van der Waals surface area contributed by atoms with Crippen LogP contribution in [-0.2, 0) is 4.79 Å². The first-order valence-electron chi connectivity index (χ1n) is 5.61. The molecule has 0 saturated heterocycles. The van der Waals surface area contributed by atoms with Crippen molar-refractivity contribution in [3.8, 4) is 5.75 Å². The second-order valence-electron chi connectivity index (χ2n) is 4.15. The Morgan fingerprint density at radius 2 is 2.11 bits per heavy atom. The van der Waals surface area contributed by atoms with Crippen molar-refractivity contribution in [1.29, 1.82) is 0 Å². The topological polar surface area (TPSA) is 58.6 Å². The largest absolute Gasteiger partial charge is 0.481 e. The molecule has 98 valence electrons. The molecule has 0 aromatic heterocycles. The fourth-order valence-electron chi connectivity index (χ4n) is 1.95. The quantitative estimate of drug-likeness (QED) is 0.851. The third-order valence-electron chi connectivity index (χ3n) is 3.04. The van der Waals surface area contributed by atoms with Gasteiger partial charge in [-0.05, 0) is 25.0 Å². The molecular weight excluding hydrogens is 244 g/mol. The van der Waals surface area contributed by atoms with Gasteiger partial charge in [-0.3, -0.25) is 4.79 Å². The average molecular weight is 257 g/mol. The molecule has 1 saturated carbocycles. The van der Waals surface area contributed by atoms with Crippen LogP contribution in [0.5, 0.6) is 5.75 Å². The Kier molecular flexibility index (Phi) is 3.64. The highest BCUT2D eigenvalue weighted by atomic mass is 19.3. The number of ether oxygens (including phenoxy) is 1. The molecule has 0 amide bonds. The minimum atomic E-state index is -2.90. The zero-order chi connectivity index (χ0) is 13.1. The molecule has 2 atom stereocenters. The van der Waals surface area contributed by atoms with E-state index in [1.165, 1.54) is 6.07 Å². The predicted molar refractivity (Wildman–Crippen MR) is 60.8 cm³/mol. The summed E-state index contributed by atoms with van der Waals surface area (Å²) in [6.45, 7) is -2.90. The maximum absolute atomic E-state index is 12.2. The van der Waals surface area contributed by atoms with E-state index in [0.29, 0.717) is 18.5 Å². The molecule has 0 radical (unpaired) electrons. The third-order valence-corrected chi connectivity index (χ3v) is 3.04. The summed E-state index contributed by atoms with van der Waals surface area (Å²) in [6.07, 6.45) is 1.31. The normalized spacial score (nSPS) is 22.4. The molecule has 18 heavy (non-hydrogen) atoms. The first kappa shape index (κ1) is 12.6. The van der Waals surface area contributed by atoms with Crippen LogP contribution in [0, 0.1) is 5.92 Å². The van der Waals surface area contributed by atoms with Gasteiger partial charge in [-0.15, -0.1) is 0 Å². The number of aliphatic carboxylic acids is 1. The number of nitrogens with one attached hydrogen (secondary N) is 1. The van der Waals surface area contributed by atoms with E-state index in [0.717, 1.165) is 0 Å². The van der Waals surface area contributed by atoms with Crippen LogP contribution in [0.2, 0.25) is 0 Å². The maximum atomic E-state index is 12.2. The zero-order valence-electron chi connectivity index (χ0n) is 9.48. The highest BCUT2D eigenvalue weighted by Crippen LogP contribution is 2.34. The number of alkyl halides is 2. The number of carbonyl (C=O) groups is 1. The second-order valence-corrected chi connectivity index (χ2v) is 4.15. The lowest BCUT2D eigenvalue weighted by molar-refractivity contribution is -0.145. The summed E-state index contributed by atoms with van der Waals surface area (Å²) in [5.74, 6) is -1.31. The van der Waals surface area contributed by atoms with Crippen LogP contribution in [0.1, 0.15) is 12.8 Å². The fraction of sp³-hybridized carbons (Fsp3) is 0.417. The van der Waals surface area contributed by atoms with Crippen molar-refractivity contribution >= 4 is 11.7 Å². The van der Waals surface area contributed by atoms with Crippen molar-refractivity contribution < 1.29 is 23.4 Å². The SMILES string of the molecule is O=C(O)C1CCC1Nc1ccccc1OC(F)F. The van der Waals surface area contributed by atoms with Gasteiger partial charge in [-0.25, -0.2) is 0 Å². The first-order chi connectivity index (χ1) is 8.58. The van der Waals surface area contributed by atoms with Crippen molar-refractivity contribution in [2.45, 2.75) is 25.5 Å². The number of para-hydroxylation sites is 2. The molecule has 2 rings (SSSR count). The van der Waals surface area contributed by atoms with Gasteiger partial charge in [-0.2, -0.15) is 8.78 Å². The molecule has 2 N–H and O–H groups in total. The second kappa shape index (κ2) is 5.20. The minimum Gasteiger partial charge on any atom is -0.481 e. The number of hydrogen-bond acceptors (Lipinski definition) is 3. The van der Waals surface area contributed by atoms with Crippen LogP contribution in [0.3, 0.4) is 0 Å². The van der Waals surface area contributed by atoms with Crippen LogP contribution in [0.4, 0.5) is 14.5 Å². The van der Waals surface area contributed by atoms with Crippen LogP contribution in [0.15, 0.2) is 24.3 Å². The molecular formula is C12H13F2NO3. The summed E-state index contributed by atoms with van der Waals surface area (Å²) in [7, 11) is 0. The van der Waals surface area contributed by atoms with Gasteiger partial charge in [0.25, 0.3) is 0 Å². The van der Waals surface area contributed by atoms with E-state index < -0.39 is 18.5 Å². The van der Waals surface area contributed by atoms with Gasteiger partial charge in [0.05, 0.1) is 11.6 Å². The number of benzene rings is 1. The van der Waals surface area contributed by atoms with Crippen molar-refractivity contribution in [3.05, 3.63) is 24.3 Å². The van der Waals surface area contributed by atoms with E-state index >= 15 is 0 Å². The smallest absolute Gasteiger partial charge is 0.387 e. The van der Waals surface area contributed by atoms with E-state index in [4.69, 9.17) is 5.11 Å². The highest BCUT2D eigenvalue weighted by molar-refractivity contribution is 5.73. The van der Waals surface area contributed by atoms with Crippen molar-refractivity contribution in [2.75, 3.05) is 5.32 Å². The first-order valence-corrected chi connectivity index (χ1v) is 5.61. The fourth-order valence-corrected chi connectivity index (χ4v) is 1.95. The molecule has 1 aliphatic rings. The average Bonchev–Trinajstić information content (AvgIpc) is 2.24. The Bertz CT molecular complexity index is 439. The van der Waals surface area contributed by atoms with Crippen molar-refractivity contribution in [3.63, 3.8) is 0 Å². The van der Waals surface area contributed by atoms with E-state index in [1.54, 1.807) is 18.2 Å². The van der Waals surface area contributed by atoms with Gasteiger partial charge in [0.15, 0.2) is 0 Å². The Balaban J connectivity index is 2.07. The van der Waals surface area contributed by atoms with E-state index in [9.17, 15) is 13.6 Å². The Morgan fingerprint density at radius 3 is 2.67 bits per heavy atom. The maximum Gasteiger partial charge on any atom is 0.387 e. The van der Waals surface area contributed by atoms with Crippen molar-refractivity contribution in [2.24, 2.45) is 5.92 Å². The van der Waals surface area contributed by atoms with Gasteiger partial charge < -0.3 is 15.2 Å². The monoisotopic (exact) mass is 257 g/mol. The lowest BCUT2D eigenvalue weighted by Crippen LogP contribution is -2.43. The number of rotatable bonds is 5. The van der Waals surface area contributed by atoms with Crippen LogP contribution in [-0.4, -0.2) is 23.7 Å². The molecule has 0 spiro atoms. The van der Waals surface area contributed by atoms with E-state index in [2.05, 4.69) is 10.1 Å². The molecule has 0 bridgehead atoms. The Hall–Kier alpha value is -1.85. The number of hydrogen-bond donors (Lipinski definition) is 2. The summed E-state index contributed by atoms with van der Waals surface area (Å²) < 4.78 is 28.8. The molecule has 1 aromatic rings. The van der Waals surface area contributed by atoms with Crippen LogP contribution in [0.25, 0.3) is 0 Å². The van der Waals surface area contributed by atoms with Gasteiger partial charge in [0.1, 0.15) is 5.75 Å². The lowest BCUT2D eigenvalue weighted by atomic mass is 9.79. The van der Waals surface area contributed by atoms with Crippen molar-refractivity contribution in [1.82, 2.24) is 0 Å². The summed E-state index contributed by atoms with van der Waals surface area (Å²) in [6, 6.07) is 6.04. The molecule has 0 heterocycles. The van der Waals surface area contributed by atoms with E-state index in [1.807, 2.05) is 0 Å². The number of carboxylic acids is 1. The number of carboxylic acid groups (broad SMARTS) is 1. The third kappa shape index (κ3) is 2.69. The minimum absolute atomic E-state index is 0.0311. The zero-order valence-corrected chi connectivity index (χ0v) is 9.48. The van der Waals surface area contributed by atoms with Crippen LogP contribution >= 0.6 is 0 Å². The molecule has 1 aliphatic carbocycles. The Morgan fingerprint density at radius 1 is 1.39 bits per heavy atom. The lowest BCUT2D eigenvalue weighted by Gasteiger charge is -2.35. The standard InChI is InChI=1S/C12H13F2NO3/c13-12(14)18-10-4-2-1-3-9(10)15-8-6-5-7(8)11(16)17/h1-4,7-8,12,15H,5-6H2,(H,16,17). The molecule has 1 aromatic carbocycles. The summed E-state index contributed by atoms with van der Waals surface area (Å²) in [4.78, 5) is 10.9. The van der Waals surface area contributed by atoms with Gasteiger partial charge in [0.2, 0.25) is 0 Å². The van der Waals surface area contributed by atoms with Gasteiger partial charge in [-0.1, -0.05) is 12.1 Å². The van der Waals surface area contributed by atoms with Gasteiger partial charge >= 0.3 is 12.6 Å². The Labute approximate surface area is 103 Å². The summed E-state index contributed by atoms with van der Waals surface area (Å²) in [5, 5.41) is 11.8.